The van der Waals surface area contributed by atoms with Crippen molar-refractivity contribution in [1.29, 1.82) is 0 Å². The average Bonchev–Trinajstić information content (AvgIpc) is 3.24. The number of carbonyl (C=O) groups excluding carboxylic acids is 1. The molecule has 2 aromatic heterocycles. The molecule has 5 nitrogen and oxygen atoms in total. The van der Waals surface area contributed by atoms with Crippen molar-refractivity contribution in [2.45, 2.75) is 6.42 Å². The van der Waals surface area contributed by atoms with Crippen molar-refractivity contribution in [1.82, 2.24) is 10.1 Å². The molecule has 108 valence electrons. The summed E-state index contributed by atoms with van der Waals surface area (Å²) in [5.41, 5.74) is 3.69. The third-order valence-electron chi connectivity index (χ3n) is 3.85. The van der Waals surface area contributed by atoms with E-state index in [4.69, 9.17) is 4.52 Å². The molecule has 1 amide bonds. The molecular weight excluding hydrogens is 278 g/mol. The van der Waals surface area contributed by atoms with E-state index in [2.05, 4.69) is 16.2 Å². The van der Waals surface area contributed by atoms with Gasteiger partial charge in [-0.25, -0.2) is 0 Å². The van der Waals surface area contributed by atoms with Gasteiger partial charge in [0, 0.05) is 36.3 Å². The number of aromatic nitrogens is 2. The second kappa shape index (κ2) is 5.11. The zero-order valence-corrected chi connectivity index (χ0v) is 11.8. The van der Waals surface area contributed by atoms with Gasteiger partial charge in [0.2, 0.25) is 0 Å². The second-order valence-corrected chi connectivity index (χ2v) is 5.17. The largest absolute Gasteiger partial charge is 0.356 e. The van der Waals surface area contributed by atoms with Crippen LogP contribution in [0.2, 0.25) is 0 Å². The van der Waals surface area contributed by atoms with E-state index in [1.807, 2.05) is 18.2 Å². The smallest absolute Gasteiger partial charge is 0.259 e. The highest BCUT2D eigenvalue weighted by molar-refractivity contribution is 6.07. The number of rotatable bonds is 2. The summed E-state index contributed by atoms with van der Waals surface area (Å²) >= 11 is 0. The van der Waals surface area contributed by atoms with Crippen LogP contribution in [0, 0.1) is 0 Å². The zero-order valence-electron chi connectivity index (χ0n) is 11.8. The Morgan fingerprint density at radius 3 is 2.91 bits per heavy atom. The van der Waals surface area contributed by atoms with Crippen molar-refractivity contribution in [2.75, 3.05) is 11.4 Å². The lowest BCUT2D eigenvalue weighted by Gasteiger charge is -2.17. The highest BCUT2D eigenvalue weighted by Crippen LogP contribution is 2.33. The van der Waals surface area contributed by atoms with E-state index in [-0.39, 0.29) is 5.91 Å². The summed E-state index contributed by atoms with van der Waals surface area (Å²) in [6.07, 6.45) is 5.73. The Morgan fingerprint density at radius 2 is 2.14 bits per heavy atom. The first-order valence-electron chi connectivity index (χ1n) is 7.09. The van der Waals surface area contributed by atoms with E-state index in [0.29, 0.717) is 12.1 Å². The Kier molecular flexibility index (Phi) is 2.96. The van der Waals surface area contributed by atoms with Crippen LogP contribution in [0.5, 0.6) is 0 Å². The number of carbonyl (C=O) groups is 1. The van der Waals surface area contributed by atoms with Crippen molar-refractivity contribution < 1.29 is 9.32 Å². The third-order valence-corrected chi connectivity index (χ3v) is 3.85. The van der Waals surface area contributed by atoms with Crippen molar-refractivity contribution in [3.8, 4) is 11.3 Å². The first kappa shape index (κ1) is 12.8. The molecule has 0 radical (unpaired) electrons. The van der Waals surface area contributed by atoms with Crippen molar-refractivity contribution >= 4 is 11.6 Å². The highest BCUT2D eigenvalue weighted by atomic mass is 16.5. The van der Waals surface area contributed by atoms with Gasteiger partial charge in [-0.3, -0.25) is 9.78 Å². The van der Waals surface area contributed by atoms with E-state index in [0.717, 1.165) is 29.0 Å². The molecule has 1 aliphatic rings. The fraction of sp³-hybridized carbons (Fsp3) is 0.118. The fourth-order valence-electron chi connectivity index (χ4n) is 2.78. The molecule has 0 unspecified atom stereocenters. The lowest BCUT2D eigenvalue weighted by atomic mass is 10.1. The normalized spacial score (nSPS) is 13.2. The number of anilines is 1. The van der Waals surface area contributed by atoms with Gasteiger partial charge in [-0.2, -0.15) is 0 Å². The maximum Gasteiger partial charge on any atom is 0.259 e. The molecule has 0 aliphatic carbocycles. The quantitative estimate of drug-likeness (QED) is 0.728. The predicted octanol–water partition coefficient (Wildman–Crippen LogP) is 2.94. The minimum Gasteiger partial charge on any atom is -0.356 e. The van der Waals surface area contributed by atoms with E-state index >= 15 is 0 Å². The van der Waals surface area contributed by atoms with Crippen LogP contribution in [-0.2, 0) is 6.42 Å². The van der Waals surface area contributed by atoms with Crippen molar-refractivity contribution in [3.05, 3.63) is 66.1 Å². The number of hydrogen-bond acceptors (Lipinski definition) is 4. The molecule has 5 heteroatoms. The summed E-state index contributed by atoms with van der Waals surface area (Å²) in [4.78, 5) is 18.4. The molecular formula is C17H13N3O2. The Balaban J connectivity index is 1.67. The molecule has 0 fully saturated rings. The molecule has 1 aromatic carbocycles. The Labute approximate surface area is 127 Å². The number of hydrogen-bond donors (Lipinski definition) is 0. The van der Waals surface area contributed by atoms with Gasteiger partial charge in [0.05, 0.1) is 11.8 Å². The summed E-state index contributed by atoms with van der Waals surface area (Å²) in [5.74, 6) is 0.721. The monoisotopic (exact) mass is 291 g/mol. The summed E-state index contributed by atoms with van der Waals surface area (Å²) < 4.78 is 5.18. The first-order chi connectivity index (χ1) is 10.8. The van der Waals surface area contributed by atoms with Gasteiger partial charge in [0.25, 0.3) is 5.91 Å². The fourth-order valence-corrected chi connectivity index (χ4v) is 2.78. The molecule has 0 N–H and O–H groups in total. The van der Waals surface area contributed by atoms with Crippen molar-refractivity contribution in [3.63, 3.8) is 0 Å². The SMILES string of the molecule is O=C(c1cccnc1)N1CCc2cc(-c3ccno3)ccc21. The van der Waals surface area contributed by atoms with Gasteiger partial charge in [0.1, 0.15) is 0 Å². The van der Waals surface area contributed by atoms with E-state index in [1.165, 1.54) is 0 Å². The van der Waals surface area contributed by atoms with Crippen LogP contribution in [0.15, 0.2) is 59.5 Å². The Bertz CT molecular complexity index is 813. The number of benzene rings is 1. The second-order valence-electron chi connectivity index (χ2n) is 5.17. The maximum absolute atomic E-state index is 12.6. The zero-order chi connectivity index (χ0) is 14.9. The lowest BCUT2D eigenvalue weighted by Crippen LogP contribution is -2.28. The molecule has 22 heavy (non-hydrogen) atoms. The van der Waals surface area contributed by atoms with Gasteiger partial charge in [-0.1, -0.05) is 5.16 Å². The molecule has 0 spiro atoms. The predicted molar refractivity (Wildman–Crippen MR) is 81.6 cm³/mol. The third kappa shape index (κ3) is 2.07. The van der Waals surface area contributed by atoms with Gasteiger partial charge in [-0.15, -0.1) is 0 Å². The van der Waals surface area contributed by atoms with Crippen molar-refractivity contribution in [2.24, 2.45) is 0 Å². The summed E-state index contributed by atoms with van der Waals surface area (Å²) in [5, 5.41) is 3.73. The van der Waals surface area contributed by atoms with Crippen LogP contribution < -0.4 is 4.90 Å². The van der Waals surface area contributed by atoms with Gasteiger partial charge in [0.15, 0.2) is 5.76 Å². The number of nitrogens with zero attached hydrogens (tertiary/aromatic N) is 3. The minimum absolute atomic E-state index is 0.0146. The number of amides is 1. The molecule has 0 saturated carbocycles. The minimum atomic E-state index is -0.0146. The van der Waals surface area contributed by atoms with Crippen LogP contribution in [-0.4, -0.2) is 22.6 Å². The van der Waals surface area contributed by atoms with Gasteiger partial charge in [-0.05, 0) is 42.3 Å². The molecule has 0 saturated heterocycles. The molecule has 0 atom stereocenters. The summed E-state index contributed by atoms with van der Waals surface area (Å²) in [7, 11) is 0. The Morgan fingerprint density at radius 1 is 1.18 bits per heavy atom. The molecule has 4 rings (SSSR count). The van der Waals surface area contributed by atoms with E-state index in [9.17, 15) is 4.79 Å². The van der Waals surface area contributed by atoms with E-state index in [1.54, 1.807) is 35.6 Å². The Hall–Kier alpha value is -2.95. The maximum atomic E-state index is 12.6. The van der Waals surface area contributed by atoms with Gasteiger partial charge < -0.3 is 9.42 Å². The summed E-state index contributed by atoms with van der Waals surface area (Å²) in [6, 6.07) is 11.4. The van der Waals surface area contributed by atoms with Crippen LogP contribution in [0.3, 0.4) is 0 Å². The average molecular weight is 291 g/mol. The molecule has 3 heterocycles. The highest BCUT2D eigenvalue weighted by Gasteiger charge is 2.26. The topological polar surface area (TPSA) is 59.2 Å². The van der Waals surface area contributed by atoms with E-state index < -0.39 is 0 Å². The number of pyridine rings is 1. The van der Waals surface area contributed by atoms with Crippen LogP contribution >= 0.6 is 0 Å². The standard InChI is InChI=1S/C17H13N3O2/c21-17(14-2-1-7-18-11-14)20-9-6-12-10-13(3-4-15(12)20)16-5-8-19-22-16/h1-5,7-8,10-11H,6,9H2. The number of fused-ring (bicyclic) bond motifs is 1. The van der Waals surface area contributed by atoms with Crippen LogP contribution in [0.4, 0.5) is 5.69 Å². The first-order valence-corrected chi connectivity index (χ1v) is 7.09. The molecule has 0 bridgehead atoms. The lowest BCUT2D eigenvalue weighted by molar-refractivity contribution is 0.0989. The summed E-state index contributed by atoms with van der Waals surface area (Å²) in [6.45, 7) is 0.683. The van der Waals surface area contributed by atoms with Gasteiger partial charge >= 0.3 is 0 Å². The van der Waals surface area contributed by atoms with Crippen LogP contribution in [0.1, 0.15) is 15.9 Å². The molecule has 1 aliphatic heterocycles. The molecule has 3 aromatic rings. The van der Waals surface area contributed by atoms with Crippen LogP contribution in [0.25, 0.3) is 11.3 Å².